The Bertz CT molecular complexity index is 1020. The number of alkyl halides is 2. The monoisotopic (exact) mass is 431 g/mol. The van der Waals surface area contributed by atoms with Crippen molar-refractivity contribution in [1.29, 1.82) is 0 Å². The number of likely N-dealkylation sites (N-methyl/N-ethyl adjacent to an activating group) is 1. The number of hydrogen-bond acceptors (Lipinski definition) is 5. The molecule has 0 saturated carbocycles. The maximum atomic E-state index is 14.4. The van der Waals surface area contributed by atoms with Crippen molar-refractivity contribution in [2.75, 3.05) is 18.6 Å². The molecule has 1 N–H and O–H groups in total. The van der Waals surface area contributed by atoms with Gasteiger partial charge in [-0.25, -0.2) is 13.5 Å². The van der Waals surface area contributed by atoms with Gasteiger partial charge in [-0.2, -0.15) is 0 Å². The summed E-state index contributed by atoms with van der Waals surface area (Å²) in [6, 6.07) is 6.10. The molecule has 1 unspecified atom stereocenters. The van der Waals surface area contributed by atoms with E-state index in [0.29, 0.717) is 17.1 Å². The van der Waals surface area contributed by atoms with Gasteiger partial charge >= 0.3 is 0 Å². The Kier molecular flexibility index (Phi) is 5.47. The number of ether oxygens (including phenoxy) is 1. The van der Waals surface area contributed by atoms with Crippen LogP contribution in [0.5, 0.6) is 5.75 Å². The number of benzene rings is 1. The lowest BCUT2D eigenvalue weighted by atomic mass is 9.87. The molecular weight excluding hydrogens is 408 g/mol. The van der Waals surface area contributed by atoms with E-state index in [0.717, 1.165) is 0 Å². The summed E-state index contributed by atoms with van der Waals surface area (Å²) in [4.78, 5) is 27.2. The van der Waals surface area contributed by atoms with Gasteiger partial charge in [0, 0.05) is 32.4 Å². The predicted octanol–water partition coefficient (Wildman–Crippen LogP) is 2.21. The van der Waals surface area contributed by atoms with E-state index in [9.17, 15) is 18.4 Å². The number of allylic oxidation sites excluding steroid dienone is 1. The standard InChI is InChI=1S/C21H23F2N5O3/c1-3-9-21(22,23)13-8-10-28-16(11-13)18(25-26-28)19(29)24-14-12-31-17-7-5-4-6-15(17)27(2)20(14)30/h3-7,13-14H,1,8-12H2,2H3,(H,24,29)/t13?,14-/m0/s1. The molecule has 1 aromatic carbocycles. The Hall–Kier alpha value is -3.30. The summed E-state index contributed by atoms with van der Waals surface area (Å²) in [6.45, 7) is 3.59. The van der Waals surface area contributed by atoms with Crippen molar-refractivity contribution in [3.63, 3.8) is 0 Å². The quantitative estimate of drug-likeness (QED) is 0.734. The van der Waals surface area contributed by atoms with Gasteiger partial charge in [0.2, 0.25) is 0 Å². The van der Waals surface area contributed by atoms with Crippen LogP contribution in [0.3, 0.4) is 0 Å². The molecule has 8 nitrogen and oxygen atoms in total. The average molecular weight is 431 g/mol. The molecule has 0 aliphatic carbocycles. The van der Waals surface area contributed by atoms with Crippen molar-refractivity contribution in [2.24, 2.45) is 5.92 Å². The third-order valence-electron chi connectivity index (χ3n) is 5.76. The van der Waals surface area contributed by atoms with Crippen molar-refractivity contribution < 1.29 is 23.1 Å². The van der Waals surface area contributed by atoms with E-state index in [4.69, 9.17) is 4.74 Å². The number of nitrogens with one attached hydrogen (secondary N) is 1. The number of aryl methyl sites for hydroxylation is 1. The summed E-state index contributed by atoms with van der Waals surface area (Å²) in [7, 11) is 1.60. The SMILES string of the molecule is C=CCC(F)(F)C1CCn2nnc(C(=O)N[C@H]3COc4ccccc4N(C)C3=O)c2C1. The highest BCUT2D eigenvalue weighted by molar-refractivity contribution is 6.03. The van der Waals surface area contributed by atoms with Crippen molar-refractivity contribution in [3.8, 4) is 5.75 Å². The molecule has 164 valence electrons. The lowest BCUT2D eigenvalue weighted by Crippen LogP contribution is -2.49. The Labute approximate surface area is 177 Å². The smallest absolute Gasteiger partial charge is 0.274 e. The molecule has 0 radical (unpaired) electrons. The molecule has 10 heteroatoms. The minimum atomic E-state index is -2.93. The molecule has 0 spiro atoms. The lowest BCUT2D eigenvalue weighted by Gasteiger charge is -2.29. The van der Waals surface area contributed by atoms with E-state index in [1.165, 1.54) is 15.7 Å². The van der Waals surface area contributed by atoms with Crippen LogP contribution in [-0.4, -0.2) is 52.4 Å². The van der Waals surface area contributed by atoms with Gasteiger partial charge in [-0.05, 0) is 18.6 Å². The summed E-state index contributed by atoms with van der Waals surface area (Å²) in [6.07, 6.45) is 0.971. The van der Waals surface area contributed by atoms with E-state index in [1.54, 1.807) is 31.3 Å². The zero-order chi connectivity index (χ0) is 22.2. The average Bonchev–Trinajstić information content (AvgIpc) is 3.14. The first kappa shape index (κ1) is 21.0. The third-order valence-corrected chi connectivity index (χ3v) is 5.76. The lowest BCUT2D eigenvalue weighted by molar-refractivity contribution is -0.120. The number of aromatic nitrogens is 3. The number of anilines is 1. The molecule has 0 fully saturated rings. The highest BCUT2D eigenvalue weighted by Gasteiger charge is 2.42. The number of nitrogens with zero attached hydrogens (tertiary/aromatic N) is 4. The number of fused-ring (bicyclic) bond motifs is 2. The molecule has 2 amide bonds. The summed E-state index contributed by atoms with van der Waals surface area (Å²) in [5.74, 6) is -4.33. The van der Waals surface area contributed by atoms with E-state index < -0.39 is 30.2 Å². The highest BCUT2D eigenvalue weighted by Crippen LogP contribution is 2.37. The van der Waals surface area contributed by atoms with Crippen LogP contribution in [0.4, 0.5) is 14.5 Å². The molecule has 2 aliphatic heterocycles. The van der Waals surface area contributed by atoms with E-state index in [-0.39, 0.29) is 37.6 Å². The van der Waals surface area contributed by atoms with Gasteiger partial charge in [0.25, 0.3) is 17.7 Å². The minimum Gasteiger partial charge on any atom is -0.489 e. The fourth-order valence-corrected chi connectivity index (χ4v) is 4.01. The van der Waals surface area contributed by atoms with Gasteiger partial charge in [-0.3, -0.25) is 9.59 Å². The summed E-state index contributed by atoms with van der Waals surface area (Å²) < 4.78 is 36.0. The number of amides is 2. The first-order valence-corrected chi connectivity index (χ1v) is 10.0. The molecule has 31 heavy (non-hydrogen) atoms. The molecule has 0 bridgehead atoms. The Morgan fingerprint density at radius 1 is 1.42 bits per heavy atom. The fraction of sp³-hybridized carbons (Fsp3) is 0.429. The maximum Gasteiger partial charge on any atom is 0.274 e. The largest absolute Gasteiger partial charge is 0.489 e. The normalized spacial score (nSPS) is 20.9. The number of carbonyl (C=O) groups excluding carboxylic acids is 2. The third kappa shape index (κ3) is 3.89. The molecular formula is C21H23F2N5O3. The predicted molar refractivity (Wildman–Crippen MR) is 108 cm³/mol. The second-order valence-corrected chi connectivity index (χ2v) is 7.75. The van der Waals surface area contributed by atoms with Crippen molar-refractivity contribution >= 4 is 17.5 Å². The molecule has 0 saturated heterocycles. The number of hydrogen-bond donors (Lipinski definition) is 1. The molecule has 2 aliphatic rings. The molecule has 2 atom stereocenters. The first-order valence-electron chi connectivity index (χ1n) is 10.0. The molecule has 3 heterocycles. The second-order valence-electron chi connectivity index (χ2n) is 7.75. The first-order chi connectivity index (χ1) is 14.8. The van der Waals surface area contributed by atoms with Crippen LogP contribution in [0.25, 0.3) is 0 Å². The zero-order valence-electron chi connectivity index (χ0n) is 17.1. The number of carbonyl (C=O) groups is 2. The molecule has 4 rings (SSSR count). The number of halogens is 2. The van der Waals surface area contributed by atoms with Gasteiger partial charge in [-0.1, -0.05) is 23.4 Å². The van der Waals surface area contributed by atoms with E-state index >= 15 is 0 Å². The van der Waals surface area contributed by atoms with E-state index in [2.05, 4.69) is 22.2 Å². The van der Waals surface area contributed by atoms with Crippen LogP contribution < -0.4 is 15.0 Å². The minimum absolute atomic E-state index is 0.0307. The van der Waals surface area contributed by atoms with Crippen molar-refractivity contribution in [3.05, 3.63) is 48.3 Å². The highest BCUT2D eigenvalue weighted by atomic mass is 19.3. The molecule has 1 aromatic heterocycles. The van der Waals surface area contributed by atoms with Gasteiger partial charge in [-0.15, -0.1) is 11.7 Å². The van der Waals surface area contributed by atoms with Crippen LogP contribution in [0.1, 0.15) is 29.0 Å². The van der Waals surface area contributed by atoms with Gasteiger partial charge in [0.05, 0.1) is 11.4 Å². The summed E-state index contributed by atoms with van der Waals surface area (Å²) >= 11 is 0. The summed E-state index contributed by atoms with van der Waals surface area (Å²) in [5.41, 5.74) is 0.894. The Balaban J connectivity index is 1.51. The number of rotatable bonds is 5. The maximum absolute atomic E-state index is 14.4. The van der Waals surface area contributed by atoms with Crippen molar-refractivity contribution in [1.82, 2.24) is 20.3 Å². The van der Waals surface area contributed by atoms with Crippen LogP contribution in [0.15, 0.2) is 36.9 Å². The van der Waals surface area contributed by atoms with Crippen molar-refractivity contribution in [2.45, 2.75) is 37.8 Å². The fourth-order valence-electron chi connectivity index (χ4n) is 4.01. The number of para-hydroxylation sites is 2. The second kappa shape index (κ2) is 8.09. The Morgan fingerprint density at radius 3 is 2.97 bits per heavy atom. The van der Waals surface area contributed by atoms with Gasteiger partial charge < -0.3 is 15.0 Å². The molecule has 2 aromatic rings. The zero-order valence-corrected chi connectivity index (χ0v) is 17.1. The van der Waals surface area contributed by atoms with Crippen LogP contribution >= 0.6 is 0 Å². The van der Waals surface area contributed by atoms with Gasteiger partial charge in [0.1, 0.15) is 18.4 Å². The summed E-state index contributed by atoms with van der Waals surface area (Å²) in [5, 5.41) is 10.5. The van der Waals surface area contributed by atoms with Crippen LogP contribution in [0, 0.1) is 5.92 Å². The van der Waals surface area contributed by atoms with Gasteiger partial charge in [0.15, 0.2) is 5.69 Å². The van der Waals surface area contributed by atoms with E-state index in [1.807, 2.05) is 0 Å². The topological polar surface area (TPSA) is 89.3 Å². The van der Waals surface area contributed by atoms with Crippen LogP contribution in [-0.2, 0) is 17.8 Å². The Morgan fingerprint density at radius 2 is 2.19 bits per heavy atom. The van der Waals surface area contributed by atoms with Crippen LogP contribution in [0.2, 0.25) is 0 Å².